The number of azide groups is 1. The Balaban J connectivity index is 1.02. The minimum Gasteiger partial charge on any atom is -0.493 e. The summed E-state index contributed by atoms with van der Waals surface area (Å²) in [6.45, 7) is 26.4. The van der Waals surface area contributed by atoms with E-state index in [-0.39, 0.29) is 32.0 Å². The molecule has 0 aromatic heterocycles. The molecule has 5 rings (SSSR count). The molecule has 0 spiro atoms. The van der Waals surface area contributed by atoms with Crippen molar-refractivity contribution in [3.8, 4) is 11.5 Å². The zero-order valence-electron chi connectivity index (χ0n) is 60.7. The molecule has 4 N–H and O–H groups in total. The summed E-state index contributed by atoms with van der Waals surface area (Å²) in [6.07, 6.45) is 22.6. The van der Waals surface area contributed by atoms with Crippen LogP contribution < -0.4 is 30.7 Å². The van der Waals surface area contributed by atoms with Crippen molar-refractivity contribution in [2.24, 2.45) is 52.5 Å². The van der Waals surface area contributed by atoms with Gasteiger partial charge >= 0.3 is 24.4 Å². The molecule has 2 unspecified atom stereocenters. The van der Waals surface area contributed by atoms with Gasteiger partial charge in [0.15, 0.2) is 0 Å². The fraction of sp³-hybridized carbons (Fsp3) is 0.562. The highest BCUT2D eigenvalue weighted by Gasteiger charge is 2.16. The van der Waals surface area contributed by atoms with Gasteiger partial charge in [-0.1, -0.05) is 245 Å². The lowest BCUT2D eigenvalue weighted by molar-refractivity contribution is 0.0999. The van der Waals surface area contributed by atoms with Crippen LogP contribution in [0.25, 0.3) is 10.4 Å². The summed E-state index contributed by atoms with van der Waals surface area (Å²) in [6, 6.07) is 30.4. The minimum absolute atomic E-state index is 0.00756. The van der Waals surface area contributed by atoms with E-state index in [0.29, 0.717) is 76.0 Å². The molecule has 18 heteroatoms. The lowest BCUT2D eigenvalue weighted by Crippen LogP contribution is -2.15. The average Bonchev–Trinajstić information content (AvgIpc) is 0.905. The highest BCUT2D eigenvalue weighted by atomic mass is 16.6. The molecule has 0 bridgehead atoms. The van der Waals surface area contributed by atoms with Crippen LogP contribution >= 0.6 is 0 Å². The molecule has 0 saturated carbocycles. The molecule has 6 atom stereocenters. The first kappa shape index (κ1) is 80.4. The predicted octanol–water partition coefficient (Wildman–Crippen LogP) is 23.1. The number of anilines is 4. The molecule has 0 heterocycles. The van der Waals surface area contributed by atoms with E-state index in [0.717, 1.165) is 59.5 Å². The quantitative estimate of drug-likeness (QED) is 0.0124. The molecule has 5 aromatic rings. The summed E-state index contributed by atoms with van der Waals surface area (Å²) in [5, 5.41) is 14.0. The van der Waals surface area contributed by atoms with Gasteiger partial charge in [0, 0.05) is 45.7 Å². The van der Waals surface area contributed by atoms with Crippen LogP contribution in [-0.4, -0.2) is 43.5 Å². The van der Waals surface area contributed by atoms with Crippen molar-refractivity contribution < 1.29 is 52.4 Å². The van der Waals surface area contributed by atoms with E-state index < -0.39 is 30.3 Å². The van der Waals surface area contributed by atoms with E-state index in [4.69, 9.17) is 34.0 Å². The van der Waals surface area contributed by atoms with Crippen LogP contribution in [0.4, 0.5) is 41.9 Å². The summed E-state index contributed by atoms with van der Waals surface area (Å²) in [4.78, 5) is 65.5. The SMILES string of the molecule is Cc1cc(COC(=O)Nc2cc(OCCC(C)CCC[C@H](C)CCC[C@H](C)CCCC(C)C)cc(OCCC(C)CCC[C@H](C)CCC[C@H](C)CCCC(C)C)c2)ccc1NC(=O)OCc1ccc(NC(=O)OCc2ccc(NC(=O)OCc3ccc(C(=O)N=[N+]=[N-])cc3)cc2)cc1. The number of benzene rings is 5. The van der Waals surface area contributed by atoms with E-state index in [2.05, 4.69) is 101 Å². The number of rotatable bonds is 45. The normalized spacial score (nSPS) is 13.0. The van der Waals surface area contributed by atoms with Crippen LogP contribution in [-0.2, 0) is 45.4 Å². The summed E-state index contributed by atoms with van der Waals surface area (Å²) in [7, 11) is 0. The molecule has 5 amide bonds. The third-order valence-corrected chi connectivity index (χ3v) is 18.2. The summed E-state index contributed by atoms with van der Waals surface area (Å²) in [5.41, 5.74) is 14.1. The molecule has 0 aliphatic heterocycles. The number of carbonyl (C=O) groups is 5. The Kier molecular flexibility index (Phi) is 37.2. The zero-order chi connectivity index (χ0) is 71.0. The molecule has 0 aliphatic carbocycles. The van der Waals surface area contributed by atoms with Crippen LogP contribution in [0.3, 0.4) is 0 Å². The van der Waals surface area contributed by atoms with Crippen molar-refractivity contribution in [2.75, 3.05) is 34.5 Å². The van der Waals surface area contributed by atoms with Gasteiger partial charge in [-0.25, -0.2) is 19.2 Å². The zero-order valence-corrected chi connectivity index (χ0v) is 60.7. The third-order valence-electron chi connectivity index (χ3n) is 18.2. The fourth-order valence-electron chi connectivity index (χ4n) is 11.8. The highest BCUT2D eigenvalue weighted by molar-refractivity contribution is 5.95. The van der Waals surface area contributed by atoms with Crippen molar-refractivity contribution in [3.63, 3.8) is 0 Å². The van der Waals surface area contributed by atoms with E-state index in [1.54, 1.807) is 72.8 Å². The van der Waals surface area contributed by atoms with Gasteiger partial charge in [-0.3, -0.25) is 26.1 Å². The second kappa shape index (κ2) is 45.4. The molecular formula is C80H115N7O11. The smallest absolute Gasteiger partial charge is 0.411 e. The van der Waals surface area contributed by atoms with Gasteiger partial charge in [-0.2, -0.15) is 0 Å². The Hall–Kier alpha value is -8.24. The van der Waals surface area contributed by atoms with Crippen LogP contribution in [0.2, 0.25) is 0 Å². The molecule has 0 saturated heterocycles. The number of nitrogens with zero attached hydrogens (tertiary/aromatic N) is 3. The topological polar surface area (TPSA) is 238 Å². The van der Waals surface area contributed by atoms with Crippen LogP contribution in [0.1, 0.15) is 236 Å². The first-order chi connectivity index (χ1) is 47.1. The maximum absolute atomic E-state index is 13.4. The molecule has 5 aromatic carbocycles. The summed E-state index contributed by atoms with van der Waals surface area (Å²) >= 11 is 0. The van der Waals surface area contributed by atoms with Crippen molar-refractivity contribution >= 4 is 53.0 Å². The number of hydrogen-bond donors (Lipinski definition) is 4. The lowest BCUT2D eigenvalue weighted by Gasteiger charge is -2.17. The van der Waals surface area contributed by atoms with E-state index >= 15 is 0 Å². The maximum Gasteiger partial charge on any atom is 0.411 e. The van der Waals surface area contributed by atoms with Gasteiger partial charge < -0.3 is 28.4 Å². The Morgan fingerprint density at radius 1 is 0.378 bits per heavy atom. The number of nitrogens with one attached hydrogen (secondary N) is 4. The lowest BCUT2D eigenvalue weighted by atomic mass is 9.91. The maximum atomic E-state index is 13.4. The Bertz CT molecular complexity index is 3140. The third kappa shape index (κ3) is 34.8. The number of hydrogen-bond acceptors (Lipinski definition) is 11. The van der Waals surface area contributed by atoms with E-state index in [9.17, 15) is 24.0 Å². The van der Waals surface area contributed by atoms with Crippen molar-refractivity contribution in [1.29, 1.82) is 0 Å². The summed E-state index contributed by atoms with van der Waals surface area (Å²) in [5.74, 6) is 6.36. The van der Waals surface area contributed by atoms with Crippen molar-refractivity contribution in [3.05, 3.63) is 153 Å². The molecule has 0 radical (unpaired) electrons. The van der Waals surface area contributed by atoms with Gasteiger partial charge in [-0.05, 0) is 136 Å². The Labute approximate surface area is 585 Å². The first-order valence-electron chi connectivity index (χ1n) is 36.2. The number of ether oxygens (including phenoxy) is 6. The van der Waals surface area contributed by atoms with Crippen molar-refractivity contribution in [2.45, 2.75) is 231 Å². The van der Waals surface area contributed by atoms with Crippen LogP contribution in [0, 0.1) is 54.3 Å². The van der Waals surface area contributed by atoms with Gasteiger partial charge in [0.05, 0.1) is 18.9 Å². The molecular weight excluding hydrogens is 1230 g/mol. The van der Waals surface area contributed by atoms with E-state index in [1.165, 1.54) is 128 Å². The van der Waals surface area contributed by atoms with Crippen LogP contribution in [0.5, 0.6) is 11.5 Å². The van der Waals surface area contributed by atoms with Gasteiger partial charge in [0.25, 0.3) is 0 Å². The second-order valence-corrected chi connectivity index (χ2v) is 28.5. The Morgan fingerprint density at radius 3 is 1.05 bits per heavy atom. The largest absolute Gasteiger partial charge is 0.493 e. The van der Waals surface area contributed by atoms with Crippen molar-refractivity contribution in [1.82, 2.24) is 0 Å². The number of carbonyl (C=O) groups excluding carboxylic acids is 5. The molecule has 536 valence electrons. The minimum atomic E-state index is -0.710. The first-order valence-corrected chi connectivity index (χ1v) is 36.2. The van der Waals surface area contributed by atoms with Crippen LogP contribution in [0.15, 0.2) is 114 Å². The van der Waals surface area contributed by atoms with Gasteiger partial charge in [0.1, 0.15) is 37.9 Å². The molecule has 98 heavy (non-hydrogen) atoms. The second-order valence-electron chi connectivity index (χ2n) is 28.5. The number of amides is 5. The Morgan fingerprint density at radius 2 is 0.694 bits per heavy atom. The molecule has 0 fully saturated rings. The highest BCUT2D eigenvalue weighted by Crippen LogP contribution is 2.30. The molecule has 0 aliphatic rings. The summed E-state index contributed by atoms with van der Waals surface area (Å²) < 4.78 is 34.6. The fourth-order valence-corrected chi connectivity index (χ4v) is 11.8. The van der Waals surface area contributed by atoms with Gasteiger partial charge in [0.2, 0.25) is 5.91 Å². The van der Waals surface area contributed by atoms with Gasteiger partial charge in [-0.15, -0.1) is 0 Å². The predicted molar refractivity (Wildman–Crippen MR) is 394 cm³/mol. The van der Waals surface area contributed by atoms with E-state index in [1.807, 2.05) is 31.2 Å². The standard InChI is InChI=1S/C80H115N7O11/c1-56(2)18-12-20-58(5)22-14-24-60(7)26-16-28-62(9)44-46-93-73-49-72(50-74(51-73)94-47-45-63(10)29-17-27-61(8)25-15-23-59(6)21-13-19-57(3)4)84-79(91)98-55-68-36-43-75(64(11)48-68)85-80(92)97-54-67-34-41-71(42-35-67)83-78(90)96-53-66-32-39-70(40-33-66)82-77(89)95-52-65-30-37-69(38-31-65)76(88)86-87-81/h30-43,48-51,56-63H,12-29,44-47,52-55H2,1-11H3,(H,82,89)(H,83,90)(H,84,91)(H,85,92)/t58-,59-,60-,61-,62?,63?/m1/s1. The monoisotopic (exact) mass is 1350 g/mol. The number of aryl methyl sites for hydroxylation is 1. The average molecular weight is 1350 g/mol. The molecule has 18 nitrogen and oxygen atoms in total.